The molecule has 1 rings (SSSR count). The van der Waals surface area contributed by atoms with Crippen LogP contribution in [0.2, 0.25) is 0 Å². The maximum atomic E-state index is 12.1. The number of esters is 1. The van der Waals surface area contributed by atoms with E-state index < -0.39 is 17.3 Å². The molecule has 0 radical (unpaired) electrons. The van der Waals surface area contributed by atoms with Crippen molar-refractivity contribution < 1.29 is 18.7 Å². The average Bonchev–Trinajstić information content (AvgIpc) is 2.77. The van der Waals surface area contributed by atoms with Crippen LogP contribution < -0.4 is 5.32 Å². The van der Waals surface area contributed by atoms with E-state index in [2.05, 4.69) is 5.32 Å². The second kappa shape index (κ2) is 6.41. The molecule has 5 heteroatoms. The van der Waals surface area contributed by atoms with E-state index in [1.807, 2.05) is 20.8 Å². The quantitative estimate of drug-likeness (QED) is 0.655. The van der Waals surface area contributed by atoms with Gasteiger partial charge in [-0.3, -0.25) is 9.59 Å². The predicted molar refractivity (Wildman–Crippen MR) is 70.1 cm³/mol. The van der Waals surface area contributed by atoms with Crippen LogP contribution in [0, 0.1) is 11.3 Å². The van der Waals surface area contributed by atoms with Gasteiger partial charge in [0, 0.05) is 0 Å². The molecular formula is C14H21NO4. The number of carbonyl (C=O) groups is 2. The standard InChI is InChI=1S/C14H21NO4/c1-5-18-13(17)11(14(2,3)4)12(16)15-9-10-7-6-8-19-10/h6-8,11H,5,9H2,1-4H3,(H,15,16). The highest BCUT2D eigenvalue weighted by molar-refractivity contribution is 5.98. The zero-order chi connectivity index (χ0) is 14.5. The van der Waals surface area contributed by atoms with Crippen LogP contribution in [0.5, 0.6) is 0 Å². The molecule has 0 aliphatic heterocycles. The Morgan fingerprint density at radius 2 is 2.11 bits per heavy atom. The van der Waals surface area contributed by atoms with E-state index in [0.717, 1.165) is 0 Å². The van der Waals surface area contributed by atoms with E-state index in [1.165, 1.54) is 6.26 Å². The Kier molecular flexibility index (Phi) is 5.15. The fourth-order valence-corrected chi connectivity index (χ4v) is 1.77. The van der Waals surface area contributed by atoms with E-state index in [0.29, 0.717) is 5.76 Å². The van der Waals surface area contributed by atoms with Gasteiger partial charge < -0.3 is 14.5 Å². The maximum absolute atomic E-state index is 12.1. The molecule has 0 fully saturated rings. The second-order valence-electron chi connectivity index (χ2n) is 5.35. The number of carbonyl (C=O) groups excluding carboxylic acids is 2. The summed E-state index contributed by atoms with van der Waals surface area (Å²) in [5.74, 6) is -1.03. The van der Waals surface area contributed by atoms with Crippen LogP contribution in [0.4, 0.5) is 0 Å². The fourth-order valence-electron chi connectivity index (χ4n) is 1.77. The molecular weight excluding hydrogens is 246 g/mol. The maximum Gasteiger partial charge on any atom is 0.319 e. The molecule has 1 atom stereocenters. The highest BCUT2D eigenvalue weighted by atomic mass is 16.5. The van der Waals surface area contributed by atoms with Crippen LogP contribution in [0.25, 0.3) is 0 Å². The summed E-state index contributed by atoms with van der Waals surface area (Å²) < 4.78 is 10.1. The summed E-state index contributed by atoms with van der Waals surface area (Å²) in [7, 11) is 0. The molecule has 1 heterocycles. The molecule has 5 nitrogen and oxygen atoms in total. The summed E-state index contributed by atoms with van der Waals surface area (Å²) in [6.45, 7) is 7.75. The number of hydrogen-bond donors (Lipinski definition) is 1. The lowest BCUT2D eigenvalue weighted by Crippen LogP contribution is -2.43. The molecule has 1 N–H and O–H groups in total. The van der Waals surface area contributed by atoms with Crippen molar-refractivity contribution in [2.45, 2.75) is 34.2 Å². The summed E-state index contributed by atoms with van der Waals surface area (Å²) in [4.78, 5) is 24.0. The predicted octanol–water partition coefficient (Wildman–Crippen LogP) is 2.12. The minimum atomic E-state index is -0.831. The van der Waals surface area contributed by atoms with Crippen molar-refractivity contribution in [3.8, 4) is 0 Å². The lowest BCUT2D eigenvalue weighted by molar-refractivity contribution is -0.156. The molecule has 0 saturated carbocycles. The molecule has 0 aliphatic rings. The Balaban J connectivity index is 2.69. The van der Waals surface area contributed by atoms with Crippen molar-refractivity contribution >= 4 is 11.9 Å². The van der Waals surface area contributed by atoms with Gasteiger partial charge >= 0.3 is 5.97 Å². The summed E-state index contributed by atoms with van der Waals surface area (Å²) in [5.41, 5.74) is -0.500. The van der Waals surface area contributed by atoms with E-state index in [4.69, 9.17) is 9.15 Å². The lowest BCUT2D eigenvalue weighted by atomic mass is 9.80. The number of nitrogens with one attached hydrogen (secondary N) is 1. The monoisotopic (exact) mass is 267 g/mol. The van der Waals surface area contributed by atoms with Crippen molar-refractivity contribution in [3.05, 3.63) is 24.2 Å². The Morgan fingerprint density at radius 1 is 1.42 bits per heavy atom. The third kappa shape index (κ3) is 4.43. The number of amides is 1. The Labute approximate surface area is 113 Å². The lowest BCUT2D eigenvalue weighted by Gasteiger charge is -2.27. The summed E-state index contributed by atoms with van der Waals surface area (Å²) in [6.07, 6.45) is 1.54. The van der Waals surface area contributed by atoms with Gasteiger partial charge in [0.05, 0.1) is 19.4 Å². The highest BCUT2D eigenvalue weighted by Gasteiger charge is 2.38. The minimum absolute atomic E-state index is 0.261. The average molecular weight is 267 g/mol. The second-order valence-corrected chi connectivity index (χ2v) is 5.35. The number of furan rings is 1. The SMILES string of the molecule is CCOC(=O)C(C(=O)NCc1ccco1)C(C)(C)C. The van der Waals surface area contributed by atoms with Crippen molar-refractivity contribution in [1.82, 2.24) is 5.32 Å². The Hall–Kier alpha value is -1.78. The van der Waals surface area contributed by atoms with Gasteiger partial charge in [-0.1, -0.05) is 20.8 Å². The van der Waals surface area contributed by atoms with Gasteiger partial charge in [-0.2, -0.15) is 0 Å². The van der Waals surface area contributed by atoms with Crippen LogP contribution in [0.1, 0.15) is 33.5 Å². The molecule has 0 spiro atoms. The van der Waals surface area contributed by atoms with Gasteiger partial charge in [-0.15, -0.1) is 0 Å². The first kappa shape index (κ1) is 15.3. The Bertz CT molecular complexity index is 417. The summed E-state index contributed by atoms with van der Waals surface area (Å²) in [6, 6.07) is 3.50. The molecule has 1 aromatic rings. The summed E-state index contributed by atoms with van der Waals surface area (Å²) >= 11 is 0. The van der Waals surface area contributed by atoms with Gasteiger partial charge in [0.2, 0.25) is 5.91 Å². The summed E-state index contributed by atoms with van der Waals surface area (Å²) in [5, 5.41) is 2.70. The van der Waals surface area contributed by atoms with E-state index >= 15 is 0 Å². The van der Waals surface area contributed by atoms with Crippen LogP contribution >= 0.6 is 0 Å². The van der Waals surface area contributed by atoms with Crippen molar-refractivity contribution in [2.24, 2.45) is 11.3 Å². The first-order chi connectivity index (χ1) is 8.86. The largest absolute Gasteiger partial charge is 0.467 e. The van der Waals surface area contributed by atoms with Gasteiger partial charge in [0.25, 0.3) is 0 Å². The third-order valence-electron chi connectivity index (χ3n) is 2.67. The molecule has 1 aromatic heterocycles. The molecule has 0 bridgehead atoms. The van der Waals surface area contributed by atoms with E-state index in [1.54, 1.807) is 19.1 Å². The Morgan fingerprint density at radius 3 is 2.58 bits per heavy atom. The third-order valence-corrected chi connectivity index (χ3v) is 2.67. The van der Waals surface area contributed by atoms with Crippen LogP contribution in [-0.4, -0.2) is 18.5 Å². The van der Waals surface area contributed by atoms with Crippen LogP contribution in [0.15, 0.2) is 22.8 Å². The van der Waals surface area contributed by atoms with Gasteiger partial charge in [0.15, 0.2) is 0 Å². The highest BCUT2D eigenvalue weighted by Crippen LogP contribution is 2.27. The van der Waals surface area contributed by atoms with Gasteiger partial charge in [-0.05, 0) is 24.5 Å². The molecule has 1 unspecified atom stereocenters. The minimum Gasteiger partial charge on any atom is -0.467 e. The van der Waals surface area contributed by atoms with Crippen molar-refractivity contribution in [2.75, 3.05) is 6.61 Å². The van der Waals surface area contributed by atoms with Gasteiger partial charge in [0.1, 0.15) is 11.7 Å². The zero-order valence-electron chi connectivity index (χ0n) is 11.9. The first-order valence-corrected chi connectivity index (χ1v) is 6.33. The molecule has 19 heavy (non-hydrogen) atoms. The molecule has 0 aromatic carbocycles. The van der Waals surface area contributed by atoms with Crippen LogP contribution in [-0.2, 0) is 20.9 Å². The molecule has 0 aliphatic carbocycles. The topological polar surface area (TPSA) is 68.5 Å². The molecule has 0 saturated heterocycles. The number of rotatable bonds is 5. The van der Waals surface area contributed by atoms with E-state index in [9.17, 15) is 9.59 Å². The smallest absolute Gasteiger partial charge is 0.319 e. The molecule has 1 amide bonds. The first-order valence-electron chi connectivity index (χ1n) is 6.33. The van der Waals surface area contributed by atoms with E-state index in [-0.39, 0.29) is 19.1 Å². The van der Waals surface area contributed by atoms with Crippen molar-refractivity contribution in [3.63, 3.8) is 0 Å². The normalized spacial score (nSPS) is 12.8. The van der Waals surface area contributed by atoms with Gasteiger partial charge in [-0.25, -0.2) is 0 Å². The number of ether oxygens (including phenoxy) is 1. The van der Waals surface area contributed by atoms with Crippen molar-refractivity contribution in [1.29, 1.82) is 0 Å². The van der Waals surface area contributed by atoms with Crippen LogP contribution in [0.3, 0.4) is 0 Å². The number of hydrogen-bond acceptors (Lipinski definition) is 4. The fraction of sp³-hybridized carbons (Fsp3) is 0.571. The zero-order valence-corrected chi connectivity index (χ0v) is 11.9. The molecule has 106 valence electrons.